The van der Waals surface area contributed by atoms with Crippen LogP contribution in [0.4, 0.5) is 5.69 Å². The Morgan fingerprint density at radius 2 is 2.00 bits per heavy atom. The number of hydrogen-bond acceptors (Lipinski definition) is 3. The standard InChI is InChI=1S/C15H14Br2N2O2/c16-11-4-5-14(13(17)7-11)19-15(20)9-21-12-3-1-2-10(6-12)8-18/h1-7H,8-9,18H2,(H,19,20). The molecule has 6 heteroatoms. The fraction of sp³-hybridized carbons (Fsp3) is 0.133. The second kappa shape index (κ2) is 7.59. The first-order valence-electron chi connectivity index (χ1n) is 6.25. The first kappa shape index (κ1) is 16.0. The van der Waals surface area contributed by atoms with Crippen molar-refractivity contribution in [2.24, 2.45) is 5.73 Å². The van der Waals surface area contributed by atoms with Crippen molar-refractivity contribution in [2.45, 2.75) is 6.54 Å². The lowest BCUT2D eigenvalue weighted by atomic mass is 10.2. The number of amides is 1. The maximum atomic E-state index is 11.9. The van der Waals surface area contributed by atoms with Gasteiger partial charge in [0.15, 0.2) is 6.61 Å². The molecular formula is C15H14Br2N2O2. The van der Waals surface area contributed by atoms with E-state index in [2.05, 4.69) is 37.2 Å². The second-order valence-corrected chi connectivity index (χ2v) is 6.08. The van der Waals surface area contributed by atoms with Gasteiger partial charge < -0.3 is 15.8 Å². The van der Waals surface area contributed by atoms with Crippen LogP contribution in [0, 0.1) is 0 Å². The van der Waals surface area contributed by atoms with E-state index in [1.54, 1.807) is 12.1 Å². The molecule has 0 fully saturated rings. The first-order valence-corrected chi connectivity index (χ1v) is 7.84. The molecule has 0 heterocycles. The zero-order valence-electron chi connectivity index (χ0n) is 11.1. The summed E-state index contributed by atoms with van der Waals surface area (Å²) in [6, 6.07) is 12.9. The quantitative estimate of drug-likeness (QED) is 0.785. The first-order chi connectivity index (χ1) is 10.1. The lowest BCUT2D eigenvalue weighted by molar-refractivity contribution is -0.118. The van der Waals surface area contributed by atoms with Gasteiger partial charge in [-0.2, -0.15) is 0 Å². The van der Waals surface area contributed by atoms with Gasteiger partial charge in [-0.1, -0.05) is 28.1 Å². The second-order valence-electron chi connectivity index (χ2n) is 4.31. The smallest absolute Gasteiger partial charge is 0.262 e. The van der Waals surface area contributed by atoms with Crippen LogP contribution in [0.3, 0.4) is 0 Å². The van der Waals surface area contributed by atoms with E-state index in [0.717, 1.165) is 14.5 Å². The molecule has 2 aromatic carbocycles. The van der Waals surface area contributed by atoms with Crippen LogP contribution in [0.2, 0.25) is 0 Å². The van der Waals surface area contributed by atoms with Crippen LogP contribution in [0.5, 0.6) is 5.75 Å². The number of halogens is 2. The minimum Gasteiger partial charge on any atom is -0.484 e. The van der Waals surface area contributed by atoms with E-state index in [0.29, 0.717) is 18.0 Å². The number of hydrogen-bond donors (Lipinski definition) is 2. The van der Waals surface area contributed by atoms with Crippen molar-refractivity contribution in [3.8, 4) is 5.75 Å². The fourth-order valence-electron chi connectivity index (χ4n) is 1.69. The molecule has 0 bridgehead atoms. The molecule has 0 radical (unpaired) electrons. The summed E-state index contributed by atoms with van der Waals surface area (Å²) in [6.45, 7) is 0.381. The Morgan fingerprint density at radius 3 is 2.71 bits per heavy atom. The van der Waals surface area contributed by atoms with Gasteiger partial charge in [0.1, 0.15) is 5.75 Å². The number of nitrogens with two attached hydrogens (primary N) is 1. The van der Waals surface area contributed by atoms with Crippen molar-refractivity contribution in [2.75, 3.05) is 11.9 Å². The molecule has 0 aliphatic heterocycles. The highest BCUT2D eigenvalue weighted by Crippen LogP contribution is 2.26. The molecule has 0 saturated carbocycles. The Labute approximate surface area is 139 Å². The van der Waals surface area contributed by atoms with Crippen molar-refractivity contribution in [3.05, 3.63) is 57.0 Å². The van der Waals surface area contributed by atoms with Gasteiger partial charge in [0, 0.05) is 15.5 Å². The van der Waals surface area contributed by atoms with Crippen molar-refractivity contribution < 1.29 is 9.53 Å². The Bertz CT molecular complexity index is 647. The van der Waals surface area contributed by atoms with Crippen LogP contribution in [-0.4, -0.2) is 12.5 Å². The normalized spacial score (nSPS) is 10.2. The average Bonchev–Trinajstić information content (AvgIpc) is 2.48. The van der Waals surface area contributed by atoms with Crippen LogP contribution >= 0.6 is 31.9 Å². The number of carbonyl (C=O) groups is 1. The van der Waals surface area contributed by atoms with Crippen molar-refractivity contribution >= 4 is 43.5 Å². The Hall–Kier alpha value is -1.37. The summed E-state index contributed by atoms with van der Waals surface area (Å²) in [6.07, 6.45) is 0. The number of ether oxygens (including phenoxy) is 1. The van der Waals surface area contributed by atoms with E-state index in [9.17, 15) is 4.79 Å². The molecule has 1 amide bonds. The van der Waals surface area contributed by atoms with Gasteiger partial charge in [0.25, 0.3) is 5.91 Å². The lowest BCUT2D eigenvalue weighted by Crippen LogP contribution is -2.20. The molecule has 4 nitrogen and oxygen atoms in total. The van der Waals surface area contributed by atoms with E-state index < -0.39 is 0 Å². The van der Waals surface area contributed by atoms with E-state index in [1.165, 1.54) is 0 Å². The molecule has 0 aliphatic rings. The highest BCUT2D eigenvalue weighted by Gasteiger charge is 2.07. The minimum absolute atomic E-state index is 0.0590. The molecule has 0 aliphatic carbocycles. The Balaban J connectivity index is 1.92. The summed E-state index contributed by atoms with van der Waals surface area (Å²) in [5.74, 6) is 0.402. The molecule has 21 heavy (non-hydrogen) atoms. The van der Waals surface area contributed by atoms with Gasteiger partial charge in [-0.25, -0.2) is 0 Å². The molecule has 0 aromatic heterocycles. The summed E-state index contributed by atoms with van der Waals surface area (Å²) in [7, 11) is 0. The highest BCUT2D eigenvalue weighted by molar-refractivity contribution is 9.11. The number of carbonyl (C=O) groups excluding carboxylic acids is 1. The lowest BCUT2D eigenvalue weighted by Gasteiger charge is -2.10. The number of anilines is 1. The molecule has 110 valence electrons. The molecule has 2 aromatic rings. The third-order valence-corrected chi connectivity index (χ3v) is 3.86. The number of nitrogens with one attached hydrogen (secondary N) is 1. The van der Waals surface area contributed by atoms with E-state index in [1.807, 2.05) is 30.3 Å². The molecule has 0 spiro atoms. The van der Waals surface area contributed by atoms with Gasteiger partial charge in [-0.15, -0.1) is 0 Å². The summed E-state index contributed by atoms with van der Waals surface area (Å²) < 4.78 is 7.19. The van der Waals surface area contributed by atoms with Gasteiger partial charge in [-0.3, -0.25) is 4.79 Å². The summed E-state index contributed by atoms with van der Waals surface area (Å²) in [5.41, 5.74) is 7.22. The van der Waals surface area contributed by atoms with Crippen molar-refractivity contribution in [3.63, 3.8) is 0 Å². The Morgan fingerprint density at radius 1 is 1.19 bits per heavy atom. The largest absolute Gasteiger partial charge is 0.484 e. The monoisotopic (exact) mass is 412 g/mol. The maximum Gasteiger partial charge on any atom is 0.262 e. The van der Waals surface area contributed by atoms with Crippen LogP contribution in [0.15, 0.2) is 51.4 Å². The predicted octanol–water partition coefficient (Wildman–Crippen LogP) is 3.69. The Kier molecular flexibility index (Phi) is 5.78. The van der Waals surface area contributed by atoms with Crippen LogP contribution in [-0.2, 0) is 11.3 Å². The van der Waals surface area contributed by atoms with Gasteiger partial charge in [0.2, 0.25) is 0 Å². The maximum absolute atomic E-state index is 11.9. The summed E-state index contributed by atoms with van der Waals surface area (Å²) in [4.78, 5) is 11.9. The van der Waals surface area contributed by atoms with Crippen LogP contribution in [0.1, 0.15) is 5.56 Å². The van der Waals surface area contributed by atoms with Crippen LogP contribution in [0.25, 0.3) is 0 Å². The molecule has 0 saturated heterocycles. The molecule has 2 rings (SSSR count). The average molecular weight is 414 g/mol. The summed E-state index contributed by atoms with van der Waals surface area (Å²) >= 11 is 6.75. The van der Waals surface area contributed by atoms with E-state index in [4.69, 9.17) is 10.5 Å². The molecule has 0 unspecified atom stereocenters. The highest BCUT2D eigenvalue weighted by atomic mass is 79.9. The molecule has 3 N–H and O–H groups in total. The van der Waals surface area contributed by atoms with Gasteiger partial charge in [0.05, 0.1) is 5.69 Å². The predicted molar refractivity (Wildman–Crippen MR) is 90.3 cm³/mol. The number of rotatable bonds is 5. The van der Waals surface area contributed by atoms with E-state index in [-0.39, 0.29) is 12.5 Å². The molecular weight excluding hydrogens is 400 g/mol. The van der Waals surface area contributed by atoms with E-state index >= 15 is 0 Å². The zero-order chi connectivity index (χ0) is 15.2. The SMILES string of the molecule is NCc1cccc(OCC(=O)Nc2ccc(Br)cc2Br)c1. The van der Waals surface area contributed by atoms with Crippen molar-refractivity contribution in [1.82, 2.24) is 0 Å². The summed E-state index contributed by atoms with van der Waals surface area (Å²) in [5, 5.41) is 2.78. The van der Waals surface area contributed by atoms with Crippen LogP contribution < -0.4 is 15.8 Å². The number of benzene rings is 2. The van der Waals surface area contributed by atoms with Gasteiger partial charge >= 0.3 is 0 Å². The fourth-order valence-corrected chi connectivity index (χ4v) is 2.83. The minimum atomic E-state index is -0.226. The topological polar surface area (TPSA) is 64.3 Å². The van der Waals surface area contributed by atoms with Crippen molar-refractivity contribution in [1.29, 1.82) is 0 Å². The van der Waals surface area contributed by atoms with Gasteiger partial charge in [-0.05, 0) is 51.8 Å². The molecule has 0 atom stereocenters. The third kappa shape index (κ3) is 4.84. The zero-order valence-corrected chi connectivity index (χ0v) is 14.3. The third-order valence-electron chi connectivity index (χ3n) is 2.71.